The Morgan fingerprint density at radius 1 is 0.938 bits per heavy atom. The summed E-state index contributed by atoms with van der Waals surface area (Å²) in [5.74, 6) is -1.43. The summed E-state index contributed by atoms with van der Waals surface area (Å²) < 4.78 is 16.8. The van der Waals surface area contributed by atoms with Gasteiger partial charge in [0.05, 0.1) is 18.8 Å². The number of nitrogens with one attached hydrogen (secondary N) is 1. The predicted octanol–water partition coefficient (Wildman–Crippen LogP) is 6.06. The van der Waals surface area contributed by atoms with Crippen molar-refractivity contribution in [3.63, 3.8) is 0 Å². The highest BCUT2D eigenvalue weighted by Gasteiger charge is 2.37. The Kier molecular flexibility index (Phi) is 14.9. The fraction of sp³-hybridized carbons (Fsp3) is 0.923. The monoisotopic (exact) mass is 455 g/mol. The van der Waals surface area contributed by atoms with Crippen LogP contribution in [0.3, 0.4) is 0 Å². The van der Waals surface area contributed by atoms with Crippen molar-refractivity contribution in [3.8, 4) is 0 Å². The van der Waals surface area contributed by atoms with E-state index in [1.807, 2.05) is 13.8 Å². The lowest BCUT2D eigenvalue weighted by Gasteiger charge is -2.41. The molecule has 0 aromatic heterocycles. The molecule has 32 heavy (non-hydrogen) atoms. The lowest BCUT2D eigenvalue weighted by atomic mass is 10.00. The zero-order chi connectivity index (χ0) is 23.8. The normalized spacial score (nSPS) is 21.2. The Bertz CT molecular complexity index is 522. The third-order valence-corrected chi connectivity index (χ3v) is 6.13. The fourth-order valence-electron chi connectivity index (χ4n) is 4.24. The second kappa shape index (κ2) is 16.5. The van der Waals surface area contributed by atoms with E-state index in [4.69, 9.17) is 14.2 Å². The van der Waals surface area contributed by atoms with Crippen LogP contribution in [0, 0.1) is 0 Å². The third-order valence-electron chi connectivity index (χ3n) is 6.13. The van der Waals surface area contributed by atoms with Crippen molar-refractivity contribution in [2.45, 2.75) is 149 Å². The van der Waals surface area contributed by atoms with E-state index in [-0.39, 0.29) is 18.1 Å². The van der Waals surface area contributed by atoms with Gasteiger partial charge in [0.2, 0.25) is 0 Å². The number of hydrogen-bond donors (Lipinski definition) is 1. The van der Waals surface area contributed by atoms with Crippen molar-refractivity contribution in [3.05, 3.63) is 0 Å². The molecule has 6 heteroatoms. The largest absolute Gasteiger partial charge is 0.453 e. The highest BCUT2D eigenvalue weighted by atomic mass is 16.7. The van der Waals surface area contributed by atoms with Gasteiger partial charge >= 0.3 is 5.97 Å². The van der Waals surface area contributed by atoms with E-state index < -0.39 is 17.9 Å². The van der Waals surface area contributed by atoms with Crippen LogP contribution in [0.1, 0.15) is 125 Å². The van der Waals surface area contributed by atoms with Crippen LogP contribution in [-0.4, -0.2) is 42.5 Å². The summed E-state index contributed by atoms with van der Waals surface area (Å²) in [4.78, 5) is 23.4. The first-order valence-corrected chi connectivity index (χ1v) is 13.0. The molecular formula is C26H49NO5. The van der Waals surface area contributed by atoms with Crippen molar-refractivity contribution >= 4 is 11.9 Å². The number of carbonyl (C=O) groups is 2. The molecule has 0 aliphatic carbocycles. The van der Waals surface area contributed by atoms with Crippen LogP contribution in [0.4, 0.5) is 0 Å². The number of rotatable bonds is 17. The molecule has 1 saturated heterocycles. The quantitative estimate of drug-likeness (QED) is 0.213. The molecule has 1 aliphatic rings. The van der Waals surface area contributed by atoms with Gasteiger partial charge in [-0.3, -0.25) is 9.59 Å². The van der Waals surface area contributed by atoms with E-state index in [2.05, 4.69) is 12.2 Å². The Morgan fingerprint density at radius 3 is 1.94 bits per heavy atom. The molecule has 0 spiro atoms. The van der Waals surface area contributed by atoms with Gasteiger partial charge in [0.15, 0.2) is 11.9 Å². The van der Waals surface area contributed by atoms with Gasteiger partial charge in [-0.15, -0.1) is 0 Å². The molecule has 188 valence electrons. The van der Waals surface area contributed by atoms with Gasteiger partial charge in [0.1, 0.15) is 0 Å². The molecule has 1 aliphatic heterocycles. The second-order valence-corrected chi connectivity index (χ2v) is 9.77. The average molecular weight is 456 g/mol. The Labute approximate surface area is 196 Å². The Balaban J connectivity index is 2.20. The standard InChI is InChI=1S/C26H49NO5/c1-6-7-8-9-10-11-12-13-14-15-16-17-18-19-24-23(20-30-26(4,5)32-24)27-25(29)21(2)31-22(3)28/h21,23-24H,6-20H2,1-5H3,(H,27,29)/t21-,23-,24+/m0/s1. The van der Waals surface area contributed by atoms with Crippen LogP contribution in [-0.2, 0) is 23.8 Å². The summed E-state index contributed by atoms with van der Waals surface area (Å²) in [6.07, 6.45) is 17.2. The van der Waals surface area contributed by atoms with E-state index in [1.54, 1.807) is 6.92 Å². The van der Waals surface area contributed by atoms with Crippen LogP contribution >= 0.6 is 0 Å². The minimum atomic E-state index is -0.820. The van der Waals surface area contributed by atoms with Crippen molar-refractivity contribution in [1.29, 1.82) is 0 Å². The number of ether oxygens (including phenoxy) is 3. The first kappa shape index (κ1) is 28.9. The summed E-state index contributed by atoms with van der Waals surface area (Å²) >= 11 is 0. The first-order chi connectivity index (χ1) is 15.2. The maximum absolute atomic E-state index is 12.3. The van der Waals surface area contributed by atoms with E-state index in [0.29, 0.717) is 6.61 Å². The van der Waals surface area contributed by atoms with Crippen LogP contribution in [0.5, 0.6) is 0 Å². The number of esters is 1. The van der Waals surface area contributed by atoms with E-state index in [0.717, 1.165) is 12.8 Å². The molecule has 1 N–H and O–H groups in total. The Hall–Kier alpha value is -1.14. The highest BCUT2D eigenvalue weighted by molar-refractivity contribution is 5.83. The SMILES string of the molecule is CCCCCCCCCCCCCCC[C@H]1OC(C)(C)OC[C@@H]1NC(=O)[C@H](C)OC(C)=O. The smallest absolute Gasteiger partial charge is 0.303 e. The second-order valence-electron chi connectivity index (χ2n) is 9.77. The van der Waals surface area contributed by atoms with Crippen molar-refractivity contribution in [2.24, 2.45) is 0 Å². The minimum absolute atomic E-state index is 0.0973. The molecule has 0 aromatic carbocycles. The molecule has 3 atom stereocenters. The van der Waals surface area contributed by atoms with Crippen molar-refractivity contribution in [2.75, 3.05) is 6.61 Å². The van der Waals surface area contributed by atoms with Crippen LogP contribution < -0.4 is 5.32 Å². The van der Waals surface area contributed by atoms with Gasteiger partial charge in [-0.05, 0) is 27.2 Å². The minimum Gasteiger partial charge on any atom is -0.453 e. The highest BCUT2D eigenvalue weighted by Crippen LogP contribution is 2.26. The van der Waals surface area contributed by atoms with Gasteiger partial charge in [-0.25, -0.2) is 0 Å². The van der Waals surface area contributed by atoms with E-state index in [1.165, 1.54) is 84.0 Å². The molecule has 1 rings (SSSR count). The summed E-state index contributed by atoms with van der Waals surface area (Å²) in [6.45, 7) is 9.35. The van der Waals surface area contributed by atoms with E-state index in [9.17, 15) is 9.59 Å². The fourth-order valence-corrected chi connectivity index (χ4v) is 4.24. The van der Waals surface area contributed by atoms with Crippen molar-refractivity contribution in [1.82, 2.24) is 5.32 Å². The molecule has 0 unspecified atom stereocenters. The molecule has 0 saturated carbocycles. The van der Waals surface area contributed by atoms with Crippen LogP contribution in [0.25, 0.3) is 0 Å². The maximum Gasteiger partial charge on any atom is 0.303 e. The lowest BCUT2D eigenvalue weighted by molar-refractivity contribution is -0.283. The van der Waals surface area contributed by atoms with Crippen LogP contribution in [0.15, 0.2) is 0 Å². The predicted molar refractivity (Wildman–Crippen MR) is 128 cm³/mol. The topological polar surface area (TPSA) is 73.9 Å². The summed E-state index contributed by atoms with van der Waals surface area (Å²) in [7, 11) is 0. The maximum atomic E-state index is 12.3. The number of unbranched alkanes of at least 4 members (excludes halogenated alkanes) is 12. The van der Waals surface area contributed by atoms with Crippen LogP contribution in [0.2, 0.25) is 0 Å². The average Bonchev–Trinajstić information content (AvgIpc) is 2.72. The molecule has 1 amide bonds. The molecular weight excluding hydrogens is 406 g/mol. The molecule has 6 nitrogen and oxygen atoms in total. The summed E-state index contributed by atoms with van der Waals surface area (Å²) in [5.41, 5.74) is 0. The summed E-state index contributed by atoms with van der Waals surface area (Å²) in [6, 6.07) is -0.231. The third kappa shape index (κ3) is 13.4. The molecule has 0 radical (unpaired) electrons. The zero-order valence-electron chi connectivity index (χ0n) is 21.4. The van der Waals surface area contributed by atoms with Gasteiger partial charge in [0, 0.05) is 6.92 Å². The van der Waals surface area contributed by atoms with Gasteiger partial charge < -0.3 is 19.5 Å². The van der Waals surface area contributed by atoms with Gasteiger partial charge in [-0.2, -0.15) is 0 Å². The zero-order valence-corrected chi connectivity index (χ0v) is 21.4. The first-order valence-electron chi connectivity index (χ1n) is 13.0. The number of carbonyl (C=O) groups excluding carboxylic acids is 2. The van der Waals surface area contributed by atoms with E-state index >= 15 is 0 Å². The number of amides is 1. The number of hydrogen-bond acceptors (Lipinski definition) is 5. The molecule has 0 aromatic rings. The molecule has 1 fully saturated rings. The summed E-state index contributed by atoms with van der Waals surface area (Å²) in [5, 5.41) is 2.94. The Morgan fingerprint density at radius 2 is 1.44 bits per heavy atom. The molecule has 1 heterocycles. The van der Waals surface area contributed by atoms with Gasteiger partial charge in [0.25, 0.3) is 5.91 Å². The lowest BCUT2D eigenvalue weighted by Crippen LogP contribution is -2.57. The van der Waals surface area contributed by atoms with Gasteiger partial charge in [-0.1, -0.05) is 90.4 Å². The van der Waals surface area contributed by atoms with Crippen molar-refractivity contribution < 1.29 is 23.8 Å². The molecule has 0 bridgehead atoms.